The topological polar surface area (TPSA) is 93.6 Å². The van der Waals surface area contributed by atoms with E-state index in [1.807, 2.05) is 0 Å². The van der Waals surface area contributed by atoms with E-state index in [2.05, 4.69) is 0 Å². The molecule has 0 aliphatic rings. The van der Waals surface area contributed by atoms with Crippen LogP contribution in [-0.4, -0.2) is 16.0 Å². The van der Waals surface area contributed by atoms with Crippen LogP contribution in [0.5, 0.6) is 0 Å². The molecule has 0 bridgehead atoms. The van der Waals surface area contributed by atoms with Gasteiger partial charge in [0.05, 0.1) is 22.3 Å². The summed E-state index contributed by atoms with van der Waals surface area (Å²) in [5, 5.41) is 19.6. The number of furan rings is 1. The molecule has 0 saturated heterocycles. The lowest BCUT2D eigenvalue weighted by molar-refractivity contribution is -0.384. The third kappa shape index (κ3) is 2.00. The van der Waals surface area contributed by atoms with E-state index in [1.165, 1.54) is 18.4 Å². The van der Waals surface area contributed by atoms with E-state index in [0.717, 1.165) is 6.07 Å². The van der Waals surface area contributed by atoms with Gasteiger partial charge in [0.1, 0.15) is 5.76 Å². The molecule has 0 spiro atoms. The number of nitro benzene ring substituents is 1. The van der Waals surface area contributed by atoms with Crippen LogP contribution in [-0.2, 0) is 0 Å². The molecule has 1 aromatic carbocycles. The number of rotatable bonds is 3. The number of nitro groups is 1. The van der Waals surface area contributed by atoms with Crippen molar-refractivity contribution in [3.05, 3.63) is 52.3 Å². The Morgan fingerprint density at radius 3 is 2.65 bits per heavy atom. The second-order valence-electron chi connectivity index (χ2n) is 3.27. The monoisotopic (exact) mass is 233 g/mol. The van der Waals surface area contributed by atoms with Gasteiger partial charge in [-0.15, -0.1) is 0 Å². The first-order valence-corrected chi connectivity index (χ1v) is 4.65. The molecule has 6 heteroatoms. The quantitative estimate of drug-likeness (QED) is 0.649. The minimum atomic E-state index is -1.21. The fourth-order valence-corrected chi connectivity index (χ4v) is 1.46. The number of carboxylic acids is 1. The highest BCUT2D eigenvalue weighted by atomic mass is 16.6. The molecule has 0 fully saturated rings. The SMILES string of the molecule is O=C(O)c1ccc(-c2ccco2)c([N+](=O)[O-])c1. The van der Waals surface area contributed by atoms with E-state index in [1.54, 1.807) is 12.1 Å². The Kier molecular flexibility index (Phi) is 2.61. The molecular formula is C11H7NO5. The Labute approximate surface area is 95.3 Å². The minimum Gasteiger partial charge on any atom is -0.478 e. The van der Waals surface area contributed by atoms with Crippen LogP contribution in [0.3, 0.4) is 0 Å². The second-order valence-corrected chi connectivity index (χ2v) is 3.27. The number of benzene rings is 1. The summed E-state index contributed by atoms with van der Waals surface area (Å²) in [5.74, 6) is -0.882. The van der Waals surface area contributed by atoms with Gasteiger partial charge in [0.2, 0.25) is 0 Å². The van der Waals surface area contributed by atoms with Gasteiger partial charge >= 0.3 is 5.97 Å². The highest BCUT2D eigenvalue weighted by Crippen LogP contribution is 2.30. The van der Waals surface area contributed by atoms with Crippen LogP contribution >= 0.6 is 0 Å². The lowest BCUT2D eigenvalue weighted by atomic mass is 10.1. The molecule has 0 atom stereocenters. The smallest absolute Gasteiger partial charge is 0.335 e. The summed E-state index contributed by atoms with van der Waals surface area (Å²) in [6.45, 7) is 0. The maximum atomic E-state index is 10.9. The number of carboxylic acid groups (broad SMARTS) is 1. The Hall–Kier alpha value is -2.63. The van der Waals surface area contributed by atoms with Gasteiger partial charge in [-0.2, -0.15) is 0 Å². The molecule has 0 amide bonds. The van der Waals surface area contributed by atoms with Gasteiger partial charge in [0.25, 0.3) is 5.69 Å². The van der Waals surface area contributed by atoms with Crippen molar-refractivity contribution in [3.63, 3.8) is 0 Å². The zero-order valence-electron chi connectivity index (χ0n) is 8.49. The number of hydrogen-bond donors (Lipinski definition) is 1. The van der Waals surface area contributed by atoms with Crippen molar-refractivity contribution in [2.24, 2.45) is 0 Å². The number of carbonyl (C=O) groups is 1. The first-order valence-electron chi connectivity index (χ1n) is 4.65. The number of hydrogen-bond acceptors (Lipinski definition) is 4. The van der Waals surface area contributed by atoms with Crippen molar-refractivity contribution in [2.75, 3.05) is 0 Å². The molecule has 17 heavy (non-hydrogen) atoms. The molecule has 1 N–H and O–H groups in total. The van der Waals surface area contributed by atoms with Crippen molar-refractivity contribution >= 4 is 11.7 Å². The molecule has 1 heterocycles. The van der Waals surface area contributed by atoms with Crippen LogP contribution in [0.2, 0.25) is 0 Å². The molecule has 0 aliphatic heterocycles. The van der Waals surface area contributed by atoms with E-state index in [-0.39, 0.29) is 16.8 Å². The maximum Gasteiger partial charge on any atom is 0.335 e. The Morgan fingerprint density at radius 2 is 2.12 bits per heavy atom. The van der Waals surface area contributed by atoms with Gasteiger partial charge in [-0.05, 0) is 24.3 Å². The lowest BCUT2D eigenvalue weighted by Crippen LogP contribution is -1.99. The standard InChI is InChI=1S/C11H7NO5/c13-11(14)7-3-4-8(9(6-7)12(15)16)10-2-1-5-17-10/h1-6H,(H,13,14). The third-order valence-electron chi connectivity index (χ3n) is 2.23. The van der Waals surface area contributed by atoms with Crippen LogP contribution in [0.25, 0.3) is 11.3 Å². The second kappa shape index (κ2) is 4.09. The summed E-state index contributed by atoms with van der Waals surface area (Å²) >= 11 is 0. The molecule has 0 radical (unpaired) electrons. The summed E-state index contributed by atoms with van der Waals surface area (Å²) in [6.07, 6.45) is 1.39. The average molecular weight is 233 g/mol. The van der Waals surface area contributed by atoms with Gasteiger partial charge in [0, 0.05) is 6.07 Å². The first-order chi connectivity index (χ1) is 8.09. The van der Waals surface area contributed by atoms with Crippen molar-refractivity contribution in [1.82, 2.24) is 0 Å². The minimum absolute atomic E-state index is 0.132. The molecule has 0 aliphatic carbocycles. The molecule has 0 unspecified atom stereocenters. The van der Waals surface area contributed by atoms with E-state index < -0.39 is 10.9 Å². The summed E-state index contributed by atoms with van der Waals surface area (Å²) in [6, 6.07) is 6.85. The largest absolute Gasteiger partial charge is 0.478 e. The molecule has 2 aromatic rings. The summed E-state index contributed by atoms with van der Waals surface area (Å²) in [7, 11) is 0. The number of nitrogens with zero attached hydrogens (tertiary/aromatic N) is 1. The Balaban J connectivity index is 2.61. The molecule has 86 valence electrons. The Bertz CT molecular complexity index is 574. The van der Waals surface area contributed by atoms with Gasteiger partial charge in [0.15, 0.2) is 0 Å². The van der Waals surface area contributed by atoms with E-state index in [4.69, 9.17) is 9.52 Å². The molecular weight excluding hydrogens is 226 g/mol. The predicted octanol–water partition coefficient (Wildman–Crippen LogP) is 2.55. The summed E-state index contributed by atoms with van der Waals surface area (Å²) in [5.41, 5.74) is -0.170. The first kappa shape index (κ1) is 10.9. The zero-order chi connectivity index (χ0) is 12.4. The highest BCUT2D eigenvalue weighted by molar-refractivity contribution is 5.90. The van der Waals surface area contributed by atoms with Crippen molar-refractivity contribution < 1.29 is 19.2 Å². The Morgan fingerprint density at radius 1 is 1.35 bits per heavy atom. The van der Waals surface area contributed by atoms with Gasteiger partial charge in [-0.3, -0.25) is 10.1 Å². The lowest BCUT2D eigenvalue weighted by Gasteiger charge is -2.01. The zero-order valence-corrected chi connectivity index (χ0v) is 8.49. The summed E-state index contributed by atoms with van der Waals surface area (Å²) in [4.78, 5) is 21.0. The fourth-order valence-electron chi connectivity index (χ4n) is 1.46. The van der Waals surface area contributed by atoms with Crippen LogP contribution in [0, 0.1) is 10.1 Å². The summed E-state index contributed by atoms with van der Waals surface area (Å²) < 4.78 is 5.06. The third-order valence-corrected chi connectivity index (χ3v) is 2.23. The van der Waals surface area contributed by atoms with E-state index in [0.29, 0.717) is 5.76 Å². The number of aromatic carboxylic acids is 1. The average Bonchev–Trinajstić information content (AvgIpc) is 2.81. The molecule has 0 saturated carbocycles. The van der Waals surface area contributed by atoms with Crippen LogP contribution in [0.4, 0.5) is 5.69 Å². The highest BCUT2D eigenvalue weighted by Gasteiger charge is 2.19. The van der Waals surface area contributed by atoms with Crippen LogP contribution in [0.1, 0.15) is 10.4 Å². The van der Waals surface area contributed by atoms with Crippen LogP contribution < -0.4 is 0 Å². The predicted molar refractivity (Wildman–Crippen MR) is 57.8 cm³/mol. The van der Waals surface area contributed by atoms with Crippen molar-refractivity contribution in [1.29, 1.82) is 0 Å². The van der Waals surface area contributed by atoms with Gasteiger partial charge in [-0.25, -0.2) is 4.79 Å². The molecule has 2 rings (SSSR count). The van der Waals surface area contributed by atoms with Crippen molar-refractivity contribution in [3.8, 4) is 11.3 Å². The van der Waals surface area contributed by atoms with E-state index in [9.17, 15) is 14.9 Å². The molecule has 6 nitrogen and oxygen atoms in total. The maximum absolute atomic E-state index is 10.9. The van der Waals surface area contributed by atoms with Gasteiger partial charge < -0.3 is 9.52 Å². The van der Waals surface area contributed by atoms with Crippen LogP contribution in [0.15, 0.2) is 41.0 Å². The molecule has 1 aromatic heterocycles. The normalized spacial score (nSPS) is 10.1. The fraction of sp³-hybridized carbons (Fsp3) is 0. The van der Waals surface area contributed by atoms with Gasteiger partial charge in [-0.1, -0.05) is 0 Å². The van der Waals surface area contributed by atoms with E-state index >= 15 is 0 Å². The van der Waals surface area contributed by atoms with Crippen molar-refractivity contribution in [2.45, 2.75) is 0 Å².